The smallest absolute Gasteiger partial charge is 0.163 e. The van der Waals surface area contributed by atoms with Crippen LogP contribution in [0.2, 0.25) is 0 Å². The second-order valence-corrected chi connectivity index (χ2v) is 5.43. The Morgan fingerprint density at radius 1 is 1.33 bits per heavy atom. The molecule has 0 spiro atoms. The van der Waals surface area contributed by atoms with Crippen LogP contribution in [0.5, 0.6) is 0 Å². The highest BCUT2D eigenvalue weighted by atomic mass is 79.9. The molecule has 0 N–H and O–H groups in total. The van der Waals surface area contributed by atoms with Crippen LogP contribution < -0.4 is 4.90 Å². The maximum atomic E-state index is 4.44. The molecule has 0 bridgehead atoms. The van der Waals surface area contributed by atoms with E-state index in [4.69, 9.17) is 0 Å². The van der Waals surface area contributed by atoms with E-state index < -0.39 is 0 Å². The fourth-order valence-electron chi connectivity index (χ4n) is 2.50. The van der Waals surface area contributed by atoms with Crippen LogP contribution in [-0.2, 0) is 7.05 Å². The summed E-state index contributed by atoms with van der Waals surface area (Å²) in [5.41, 5.74) is 0.905. The highest BCUT2D eigenvalue weighted by Gasteiger charge is 2.21. The van der Waals surface area contributed by atoms with Gasteiger partial charge in [0.2, 0.25) is 0 Å². The molecule has 3 rings (SSSR count). The normalized spacial score (nSPS) is 17.6. The highest BCUT2D eigenvalue weighted by molar-refractivity contribution is 9.09. The zero-order valence-corrected chi connectivity index (χ0v) is 12.0. The third-order valence-corrected chi connectivity index (χ3v) is 4.56. The number of aromatic nitrogens is 4. The van der Waals surface area contributed by atoms with E-state index in [1.165, 1.54) is 12.8 Å². The van der Waals surface area contributed by atoms with E-state index in [1.54, 1.807) is 11.0 Å². The monoisotopic (exact) mass is 309 g/mol. The van der Waals surface area contributed by atoms with E-state index in [1.807, 2.05) is 13.2 Å². The number of piperidine rings is 1. The van der Waals surface area contributed by atoms with Gasteiger partial charge in [0, 0.05) is 25.5 Å². The van der Waals surface area contributed by atoms with Gasteiger partial charge in [-0.3, -0.25) is 4.68 Å². The van der Waals surface area contributed by atoms with Gasteiger partial charge in [0.15, 0.2) is 5.65 Å². The maximum absolute atomic E-state index is 4.44. The Morgan fingerprint density at radius 3 is 2.83 bits per heavy atom. The lowest BCUT2D eigenvalue weighted by atomic mass is 9.99. The van der Waals surface area contributed by atoms with Crippen molar-refractivity contribution in [3.8, 4) is 0 Å². The van der Waals surface area contributed by atoms with Gasteiger partial charge in [0.25, 0.3) is 0 Å². The van der Waals surface area contributed by atoms with Crippen LogP contribution in [0, 0.1) is 5.92 Å². The summed E-state index contributed by atoms with van der Waals surface area (Å²) >= 11 is 3.57. The minimum Gasteiger partial charge on any atom is -0.356 e. The number of aryl methyl sites for hydroxylation is 1. The lowest BCUT2D eigenvalue weighted by Gasteiger charge is -2.32. The molecule has 0 amide bonds. The zero-order chi connectivity index (χ0) is 12.5. The second-order valence-electron chi connectivity index (χ2n) is 4.79. The third-order valence-electron chi connectivity index (χ3n) is 3.64. The molecule has 1 saturated heterocycles. The standard InChI is InChI=1S/C12H16BrN5/c1-17-11-10(7-16-17)12(15-8-14-11)18-4-2-9(6-13)3-5-18/h7-9H,2-6H2,1H3. The van der Waals surface area contributed by atoms with E-state index in [0.29, 0.717) is 0 Å². The summed E-state index contributed by atoms with van der Waals surface area (Å²) in [5, 5.41) is 6.42. The fourth-order valence-corrected chi connectivity index (χ4v) is 3.15. The van der Waals surface area contributed by atoms with Crippen molar-refractivity contribution in [3.63, 3.8) is 0 Å². The van der Waals surface area contributed by atoms with Crippen molar-refractivity contribution < 1.29 is 0 Å². The minimum absolute atomic E-state index is 0.799. The fraction of sp³-hybridized carbons (Fsp3) is 0.583. The first-order chi connectivity index (χ1) is 8.79. The summed E-state index contributed by atoms with van der Waals surface area (Å²) in [5.74, 6) is 1.83. The van der Waals surface area contributed by atoms with Gasteiger partial charge in [-0.15, -0.1) is 0 Å². The molecule has 5 nitrogen and oxygen atoms in total. The molecule has 96 valence electrons. The van der Waals surface area contributed by atoms with E-state index in [2.05, 4.69) is 35.9 Å². The van der Waals surface area contributed by atoms with Crippen LogP contribution in [0.3, 0.4) is 0 Å². The van der Waals surface area contributed by atoms with E-state index in [9.17, 15) is 0 Å². The van der Waals surface area contributed by atoms with Crippen LogP contribution in [-0.4, -0.2) is 38.2 Å². The number of anilines is 1. The Labute approximate surface area is 114 Å². The summed E-state index contributed by atoms with van der Waals surface area (Å²) in [4.78, 5) is 11.1. The summed E-state index contributed by atoms with van der Waals surface area (Å²) in [7, 11) is 1.91. The van der Waals surface area contributed by atoms with Crippen LogP contribution in [0.15, 0.2) is 12.5 Å². The Kier molecular flexibility index (Phi) is 3.20. The zero-order valence-electron chi connectivity index (χ0n) is 10.4. The SMILES string of the molecule is Cn1ncc2c(N3CCC(CBr)CC3)ncnc21. The van der Waals surface area contributed by atoms with E-state index in [-0.39, 0.29) is 0 Å². The van der Waals surface area contributed by atoms with Crippen LogP contribution in [0.4, 0.5) is 5.82 Å². The third kappa shape index (κ3) is 1.98. The number of hydrogen-bond acceptors (Lipinski definition) is 4. The molecule has 6 heteroatoms. The van der Waals surface area contributed by atoms with Crippen molar-refractivity contribution in [1.29, 1.82) is 0 Å². The van der Waals surface area contributed by atoms with Crippen molar-refractivity contribution in [1.82, 2.24) is 19.7 Å². The number of fused-ring (bicyclic) bond motifs is 1. The van der Waals surface area contributed by atoms with Crippen molar-refractivity contribution in [3.05, 3.63) is 12.5 Å². The minimum atomic E-state index is 0.799. The first kappa shape index (κ1) is 11.9. The molecule has 0 aromatic carbocycles. The quantitative estimate of drug-likeness (QED) is 0.796. The predicted octanol–water partition coefficient (Wildman–Crippen LogP) is 1.97. The van der Waals surface area contributed by atoms with Gasteiger partial charge in [-0.1, -0.05) is 15.9 Å². The Morgan fingerprint density at radius 2 is 2.11 bits per heavy atom. The van der Waals surface area contributed by atoms with Crippen LogP contribution >= 0.6 is 15.9 Å². The van der Waals surface area contributed by atoms with Crippen LogP contribution in [0.25, 0.3) is 11.0 Å². The second kappa shape index (κ2) is 4.84. The Balaban J connectivity index is 1.91. The summed E-state index contributed by atoms with van der Waals surface area (Å²) in [6, 6.07) is 0. The lowest BCUT2D eigenvalue weighted by molar-refractivity contribution is 0.446. The Bertz CT molecular complexity index is 544. The number of nitrogens with zero attached hydrogens (tertiary/aromatic N) is 5. The van der Waals surface area contributed by atoms with Gasteiger partial charge in [0.1, 0.15) is 12.1 Å². The van der Waals surface area contributed by atoms with Gasteiger partial charge >= 0.3 is 0 Å². The van der Waals surface area contributed by atoms with E-state index in [0.717, 1.165) is 41.2 Å². The summed E-state index contributed by atoms with van der Waals surface area (Å²) in [6.45, 7) is 2.13. The molecule has 1 aliphatic heterocycles. The van der Waals surface area contributed by atoms with Crippen molar-refractivity contribution in [2.24, 2.45) is 13.0 Å². The summed E-state index contributed by atoms with van der Waals surface area (Å²) < 4.78 is 1.80. The molecule has 1 aliphatic rings. The van der Waals surface area contributed by atoms with Gasteiger partial charge in [-0.2, -0.15) is 5.10 Å². The molecule has 0 atom stereocenters. The average Bonchev–Trinajstić information content (AvgIpc) is 2.81. The number of rotatable bonds is 2. The van der Waals surface area contributed by atoms with Gasteiger partial charge in [-0.05, 0) is 18.8 Å². The number of alkyl halides is 1. The van der Waals surface area contributed by atoms with E-state index >= 15 is 0 Å². The molecule has 2 aromatic rings. The largest absolute Gasteiger partial charge is 0.356 e. The van der Waals surface area contributed by atoms with Gasteiger partial charge in [0.05, 0.1) is 11.6 Å². The molecular formula is C12H16BrN5. The Hall–Kier alpha value is -1.17. The lowest BCUT2D eigenvalue weighted by Crippen LogP contribution is -2.34. The van der Waals surface area contributed by atoms with Crippen molar-refractivity contribution in [2.75, 3.05) is 23.3 Å². The predicted molar refractivity (Wildman–Crippen MR) is 75.0 cm³/mol. The van der Waals surface area contributed by atoms with Crippen LogP contribution in [0.1, 0.15) is 12.8 Å². The first-order valence-corrected chi connectivity index (χ1v) is 7.35. The molecule has 0 radical (unpaired) electrons. The molecule has 2 aromatic heterocycles. The maximum Gasteiger partial charge on any atom is 0.163 e. The molecule has 3 heterocycles. The molecule has 0 unspecified atom stereocenters. The molecule has 0 aliphatic carbocycles. The molecular weight excluding hydrogens is 294 g/mol. The number of halogens is 1. The molecule has 1 fully saturated rings. The molecule has 18 heavy (non-hydrogen) atoms. The average molecular weight is 310 g/mol. The van der Waals surface area contributed by atoms with Gasteiger partial charge in [-0.25, -0.2) is 9.97 Å². The first-order valence-electron chi connectivity index (χ1n) is 6.23. The van der Waals surface area contributed by atoms with Crippen molar-refractivity contribution >= 4 is 32.8 Å². The number of hydrogen-bond donors (Lipinski definition) is 0. The topological polar surface area (TPSA) is 46.8 Å². The highest BCUT2D eigenvalue weighted by Crippen LogP contribution is 2.27. The van der Waals surface area contributed by atoms with Gasteiger partial charge < -0.3 is 4.90 Å². The van der Waals surface area contributed by atoms with Crippen molar-refractivity contribution in [2.45, 2.75) is 12.8 Å². The summed E-state index contributed by atoms with van der Waals surface area (Å²) in [6.07, 6.45) is 5.94. The molecule has 0 saturated carbocycles.